The van der Waals surface area contributed by atoms with Crippen molar-refractivity contribution in [3.8, 4) is 0 Å². The lowest BCUT2D eigenvalue weighted by Gasteiger charge is -2.32. The van der Waals surface area contributed by atoms with E-state index in [9.17, 15) is 18.0 Å². The number of carbonyl (C=O) groups is 2. The number of hydrogen-bond acceptors (Lipinski definition) is 4. The number of hydrogen-bond donors (Lipinski definition) is 2. The van der Waals surface area contributed by atoms with Crippen molar-refractivity contribution in [2.45, 2.75) is 38.1 Å². The Morgan fingerprint density at radius 3 is 2.36 bits per heavy atom. The minimum absolute atomic E-state index is 0.197. The van der Waals surface area contributed by atoms with Crippen LogP contribution in [0.2, 0.25) is 10.0 Å². The van der Waals surface area contributed by atoms with Crippen molar-refractivity contribution in [2.24, 2.45) is 0 Å². The van der Waals surface area contributed by atoms with Crippen molar-refractivity contribution in [1.82, 2.24) is 9.62 Å². The molecule has 0 atom stereocenters. The van der Waals surface area contributed by atoms with Crippen LogP contribution in [0.4, 0.5) is 15.3 Å². The summed E-state index contributed by atoms with van der Waals surface area (Å²) in [6.45, 7) is 0. The van der Waals surface area contributed by atoms with E-state index >= 15 is 0 Å². The third-order valence-corrected chi connectivity index (χ3v) is 5.59. The predicted molar refractivity (Wildman–Crippen MR) is 97.6 cm³/mol. The molecule has 0 spiro atoms. The Morgan fingerprint density at radius 2 is 1.80 bits per heavy atom. The molecule has 0 heterocycles. The van der Waals surface area contributed by atoms with Gasteiger partial charge in [-0.25, -0.2) is 22.3 Å². The highest BCUT2D eigenvalue weighted by molar-refractivity contribution is 7.88. The van der Waals surface area contributed by atoms with Crippen LogP contribution in [0.1, 0.15) is 32.1 Å². The second kappa shape index (κ2) is 8.25. The fourth-order valence-electron chi connectivity index (χ4n) is 2.80. The third-order valence-electron chi connectivity index (χ3n) is 3.86. The van der Waals surface area contributed by atoms with Crippen molar-refractivity contribution in [3.63, 3.8) is 0 Å². The first-order chi connectivity index (χ1) is 11.7. The molecule has 2 N–H and O–H groups in total. The number of amides is 4. The standard InChI is InChI=1S/C15H19Cl2N3O4S/c1-25(23,24)20(11-5-3-2-4-6-11)15(22)19-14(21)18-13-8-7-10(16)9-12(13)17/h7-9,11H,2-6H2,1H3,(H2,18,19,21,22). The molecular weight excluding hydrogens is 389 g/mol. The Balaban J connectivity index is 2.07. The van der Waals surface area contributed by atoms with E-state index in [2.05, 4.69) is 5.32 Å². The first-order valence-corrected chi connectivity index (χ1v) is 10.4. The summed E-state index contributed by atoms with van der Waals surface area (Å²) < 4.78 is 24.8. The molecule has 0 bridgehead atoms. The van der Waals surface area contributed by atoms with Gasteiger partial charge < -0.3 is 5.32 Å². The Labute approximate surface area is 156 Å². The molecule has 0 radical (unpaired) electrons. The molecule has 1 fully saturated rings. The SMILES string of the molecule is CS(=O)(=O)N(C(=O)NC(=O)Nc1ccc(Cl)cc1Cl)C1CCCCC1. The van der Waals surface area contributed by atoms with E-state index in [4.69, 9.17) is 23.2 Å². The predicted octanol–water partition coefficient (Wildman–Crippen LogP) is 3.83. The monoisotopic (exact) mass is 407 g/mol. The number of nitrogens with one attached hydrogen (secondary N) is 2. The van der Waals surface area contributed by atoms with Gasteiger partial charge in [0, 0.05) is 11.1 Å². The molecule has 0 aromatic heterocycles. The van der Waals surface area contributed by atoms with E-state index in [1.54, 1.807) is 0 Å². The summed E-state index contributed by atoms with van der Waals surface area (Å²) in [5, 5.41) is 5.03. The highest BCUT2D eigenvalue weighted by Crippen LogP contribution is 2.26. The third kappa shape index (κ3) is 5.49. The van der Waals surface area contributed by atoms with E-state index in [1.807, 2.05) is 5.32 Å². The molecule has 1 aliphatic carbocycles. The molecule has 0 aliphatic heterocycles. The maximum Gasteiger partial charge on any atom is 0.339 e. The van der Waals surface area contributed by atoms with Crippen LogP contribution in [-0.2, 0) is 10.0 Å². The minimum Gasteiger partial charge on any atom is -0.306 e. The summed E-state index contributed by atoms with van der Waals surface area (Å²) in [7, 11) is -3.80. The second-order valence-corrected chi connectivity index (χ2v) is 8.56. The molecule has 1 aromatic rings. The van der Waals surface area contributed by atoms with Gasteiger partial charge in [0.25, 0.3) is 0 Å². The van der Waals surface area contributed by atoms with Crippen LogP contribution in [0.3, 0.4) is 0 Å². The number of imide groups is 1. The van der Waals surface area contributed by atoms with Gasteiger partial charge >= 0.3 is 12.1 Å². The van der Waals surface area contributed by atoms with Crippen molar-refractivity contribution in [1.29, 1.82) is 0 Å². The van der Waals surface area contributed by atoms with E-state index in [-0.39, 0.29) is 10.7 Å². The smallest absolute Gasteiger partial charge is 0.306 e. The average Bonchev–Trinajstić information content (AvgIpc) is 2.49. The van der Waals surface area contributed by atoms with Crippen LogP contribution >= 0.6 is 23.2 Å². The second-order valence-electron chi connectivity index (χ2n) is 5.86. The molecule has 7 nitrogen and oxygen atoms in total. The molecule has 10 heteroatoms. The lowest BCUT2D eigenvalue weighted by Crippen LogP contribution is -2.51. The van der Waals surface area contributed by atoms with Crippen molar-refractivity contribution in [3.05, 3.63) is 28.2 Å². The summed E-state index contributed by atoms with van der Waals surface area (Å²) in [6, 6.07) is 2.15. The van der Waals surface area contributed by atoms with Crippen LogP contribution in [0.25, 0.3) is 0 Å². The Bertz CT molecular complexity index is 764. The van der Waals surface area contributed by atoms with E-state index in [1.165, 1.54) is 18.2 Å². The molecule has 25 heavy (non-hydrogen) atoms. The molecule has 2 rings (SSSR count). The number of anilines is 1. The summed E-state index contributed by atoms with van der Waals surface area (Å²) in [5.41, 5.74) is 0.250. The zero-order valence-electron chi connectivity index (χ0n) is 13.6. The number of nitrogens with zero attached hydrogens (tertiary/aromatic N) is 1. The summed E-state index contributed by atoms with van der Waals surface area (Å²) in [6.07, 6.45) is 4.82. The molecular formula is C15H19Cl2N3O4S. The van der Waals surface area contributed by atoms with Gasteiger partial charge in [0.1, 0.15) is 0 Å². The molecule has 138 valence electrons. The maximum absolute atomic E-state index is 12.3. The number of urea groups is 2. The highest BCUT2D eigenvalue weighted by Gasteiger charge is 2.33. The van der Waals surface area contributed by atoms with Crippen molar-refractivity contribution < 1.29 is 18.0 Å². The van der Waals surface area contributed by atoms with Crippen molar-refractivity contribution in [2.75, 3.05) is 11.6 Å². The normalized spacial score (nSPS) is 15.5. The van der Waals surface area contributed by atoms with Gasteiger partial charge in [-0.05, 0) is 31.0 Å². The first-order valence-electron chi connectivity index (χ1n) is 7.75. The molecule has 1 aliphatic rings. The lowest BCUT2D eigenvalue weighted by atomic mass is 9.96. The van der Waals surface area contributed by atoms with Gasteiger partial charge in [-0.1, -0.05) is 42.5 Å². The van der Waals surface area contributed by atoms with Crippen LogP contribution in [0.15, 0.2) is 18.2 Å². The van der Waals surface area contributed by atoms with Gasteiger partial charge in [-0.3, -0.25) is 5.32 Å². The summed E-state index contributed by atoms with van der Waals surface area (Å²) >= 11 is 11.7. The average molecular weight is 408 g/mol. The lowest BCUT2D eigenvalue weighted by molar-refractivity contribution is 0.199. The van der Waals surface area contributed by atoms with Crippen LogP contribution < -0.4 is 10.6 Å². The molecule has 1 saturated carbocycles. The topological polar surface area (TPSA) is 95.6 Å². The Hall–Kier alpha value is -1.51. The number of carbonyl (C=O) groups excluding carboxylic acids is 2. The number of benzene rings is 1. The molecule has 4 amide bonds. The van der Waals surface area contributed by atoms with Crippen molar-refractivity contribution >= 4 is 51.0 Å². The number of halogens is 2. The van der Waals surface area contributed by atoms with Crippen LogP contribution in [0, 0.1) is 0 Å². The van der Waals surface area contributed by atoms with E-state index in [0.717, 1.165) is 29.8 Å². The van der Waals surface area contributed by atoms with Gasteiger partial charge in [0.2, 0.25) is 10.0 Å². The molecule has 1 aromatic carbocycles. The quantitative estimate of drug-likeness (QED) is 0.795. The number of rotatable bonds is 3. The first kappa shape index (κ1) is 19.8. The van der Waals surface area contributed by atoms with Gasteiger partial charge in [0.15, 0.2) is 0 Å². The highest BCUT2D eigenvalue weighted by atomic mass is 35.5. The number of sulfonamides is 1. The van der Waals surface area contributed by atoms with E-state index in [0.29, 0.717) is 17.9 Å². The van der Waals surface area contributed by atoms with Gasteiger partial charge in [-0.15, -0.1) is 0 Å². The summed E-state index contributed by atoms with van der Waals surface area (Å²) in [5.74, 6) is 0. The fourth-order valence-corrected chi connectivity index (χ4v) is 4.35. The zero-order chi connectivity index (χ0) is 18.6. The molecule has 0 saturated heterocycles. The van der Waals surface area contributed by atoms with E-state index < -0.39 is 28.1 Å². The van der Waals surface area contributed by atoms with Gasteiger partial charge in [0.05, 0.1) is 17.0 Å². The fraction of sp³-hybridized carbons (Fsp3) is 0.467. The maximum atomic E-state index is 12.3. The zero-order valence-corrected chi connectivity index (χ0v) is 15.9. The Morgan fingerprint density at radius 1 is 1.16 bits per heavy atom. The van der Waals surface area contributed by atoms with Crippen LogP contribution in [-0.4, -0.2) is 37.1 Å². The minimum atomic E-state index is -3.80. The molecule has 0 unspecified atom stereocenters. The summed E-state index contributed by atoms with van der Waals surface area (Å²) in [4.78, 5) is 24.4. The van der Waals surface area contributed by atoms with Crippen LogP contribution in [0.5, 0.6) is 0 Å². The van der Waals surface area contributed by atoms with Gasteiger partial charge in [-0.2, -0.15) is 0 Å². The Kier molecular flexibility index (Phi) is 6.53. The largest absolute Gasteiger partial charge is 0.339 e.